The highest BCUT2D eigenvalue weighted by atomic mass is 19.4. The number of hydrogen-bond donors (Lipinski definition) is 1. The first-order chi connectivity index (χ1) is 17.1. The van der Waals surface area contributed by atoms with Crippen LogP contribution in [-0.2, 0) is 23.8 Å². The van der Waals surface area contributed by atoms with Crippen molar-refractivity contribution >= 4 is 5.97 Å². The van der Waals surface area contributed by atoms with Crippen molar-refractivity contribution < 1.29 is 41.3 Å². The molecule has 0 fully saturated rings. The van der Waals surface area contributed by atoms with E-state index >= 15 is 0 Å². The van der Waals surface area contributed by atoms with Gasteiger partial charge in [0, 0.05) is 30.0 Å². The van der Waals surface area contributed by atoms with Gasteiger partial charge in [-0.3, -0.25) is 4.79 Å². The third-order valence-corrected chi connectivity index (χ3v) is 6.72. The van der Waals surface area contributed by atoms with Crippen molar-refractivity contribution in [3.63, 3.8) is 0 Å². The third-order valence-electron chi connectivity index (χ3n) is 6.72. The highest BCUT2D eigenvalue weighted by Crippen LogP contribution is 2.44. The van der Waals surface area contributed by atoms with Gasteiger partial charge < -0.3 is 14.6 Å². The number of aliphatic carboxylic acids is 1. The number of alkyl halides is 3. The van der Waals surface area contributed by atoms with E-state index in [0.717, 1.165) is 23.8 Å². The molecule has 0 bridgehead atoms. The van der Waals surface area contributed by atoms with E-state index < -0.39 is 35.4 Å². The van der Waals surface area contributed by atoms with E-state index in [1.165, 1.54) is 6.07 Å². The quantitative estimate of drug-likeness (QED) is 0.385. The summed E-state index contributed by atoms with van der Waals surface area (Å²) in [7, 11) is 0. The first-order valence-electron chi connectivity index (χ1n) is 11.4. The van der Waals surface area contributed by atoms with Crippen LogP contribution in [0.4, 0.5) is 22.0 Å². The lowest BCUT2D eigenvalue weighted by molar-refractivity contribution is -0.138. The number of benzene rings is 3. The lowest BCUT2D eigenvalue weighted by atomic mass is 9.91. The summed E-state index contributed by atoms with van der Waals surface area (Å²) in [5.41, 5.74) is 0.913. The molecule has 2 aliphatic rings. The maximum atomic E-state index is 14.3. The molecule has 0 aromatic heterocycles. The van der Waals surface area contributed by atoms with Gasteiger partial charge >= 0.3 is 12.1 Å². The van der Waals surface area contributed by atoms with Gasteiger partial charge in [-0.05, 0) is 53.3 Å². The lowest BCUT2D eigenvalue weighted by Gasteiger charge is -2.20. The number of hydrogen-bond acceptors (Lipinski definition) is 3. The Bertz CT molecular complexity index is 1330. The molecule has 3 aromatic carbocycles. The fraction of sp³-hybridized carbons (Fsp3) is 0.296. The van der Waals surface area contributed by atoms with Crippen LogP contribution < -0.4 is 9.47 Å². The molecule has 0 saturated heterocycles. The SMILES string of the molecule is O=C(O)C[C@@H]1COc2cc(O[C@@H]3CCc4c3ccc(C(F)(F)F)c4Cc3ccc(F)cc3F)ccc21. The van der Waals surface area contributed by atoms with Crippen LogP contribution in [0.15, 0.2) is 48.5 Å². The van der Waals surface area contributed by atoms with Gasteiger partial charge in [-0.2, -0.15) is 13.2 Å². The van der Waals surface area contributed by atoms with Crippen LogP contribution in [0, 0.1) is 11.6 Å². The molecule has 0 saturated carbocycles. The second kappa shape index (κ2) is 9.11. The average Bonchev–Trinajstić information content (AvgIpc) is 3.39. The summed E-state index contributed by atoms with van der Waals surface area (Å²) in [6.07, 6.45) is -4.80. The fourth-order valence-electron chi connectivity index (χ4n) is 5.06. The Morgan fingerprint density at radius 1 is 1.06 bits per heavy atom. The number of carbonyl (C=O) groups is 1. The van der Waals surface area contributed by atoms with Crippen molar-refractivity contribution in [3.8, 4) is 11.5 Å². The molecule has 188 valence electrons. The summed E-state index contributed by atoms with van der Waals surface area (Å²) in [6.45, 7) is 0.251. The van der Waals surface area contributed by atoms with Crippen molar-refractivity contribution in [3.05, 3.63) is 93.5 Å². The van der Waals surface area contributed by atoms with Crippen LogP contribution in [-0.4, -0.2) is 17.7 Å². The van der Waals surface area contributed by atoms with E-state index in [9.17, 15) is 26.7 Å². The zero-order valence-corrected chi connectivity index (χ0v) is 18.9. The molecule has 3 aromatic rings. The van der Waals surface area contributed by atoms with E-state index in [2.05, 4.69) is 0 Å². The molecule has 0 spiro atoms. The highest BCUT2D eigenvalue weighted by Gasteiger charge is 2.38. The molecule has 5 rings (SSSR count). The first-order valence-corrected chi connectivity index (χ1v) is 11.4. The van der Waals surface area contributed by atoms with Gasteiger partial charge in [-0.15, -0.1) is 0 Å². The Hall–Kier alpha value is -3.62. The smallest absolute Gasteiger partial charge is 0.416 e. The zero-order chi connectivity index (χ0) is 25.6. The van der Waals surface area contributed by atoms with Gasteiger partial charge in [0.15, 0.2) is 0 Å². The van der Waals surface area contributed by atoms with Crippen LogP contribution >= 0.6 is 0 Å². The number of rotatable bonds is 6. The summed E-state index contributed by atoms with van der Waals surface area (Å²) in [6, 6.07) is 10.3. The Morgan fingerprint density at radius 3 is 2.56 bits per heavy atom. The van der Waals surface area contributed by atoms with Gasteiger partial charge in [0.2, 0.25) is 0 Å². The molecule has 1 heterocycles. The maximum Gasteiger partial charge on any atom is 0.416 e. The third kappa shape index (κ3) is 4.62. The number of halogens is 5. The summed E-state index contributed by atoms with van der Waals surface area (Å²) >= 11 is 0. The number of carboxylic acid groups (broad SMARTS) is 1. The summed E-state index contributed by atoms with van der Waals surface area (Å²) in [5.74, 6) is -1.90. The molecular weight excluding hydrogens is 483 g/mol. The van der Waals surface area contributed by atoms with Gasteiger partial charge in [0.25, 0.3) is 0 Å². The molecule has 1 aliphatic heterocycles. The Morgan fingerprint density at radius 2 is 1.83 bits per heavy atom. The van der Waals surface area contributed by atoms with E-state index in [1.807, 2.05) is 0 Å². The lowest BCUT2D eigenvalue weighted by Crippen LogP contribution is -2.13. The molecule has 0 amide bonds. The largest absolute Gasteiger partial charge is 0.492 e. The molecule has 4 nitrogen and oxygen atoms in total. The molecule has 0 radical (unpaired) electrons. The van der Waals surface area contributed by atoms with Gasteiger partial charge in [0.1, 0.15) is 29.2 Å². The highest BCUT2D eigenvalue weighted by molar-refractivity contribution is 5.68. The average molecular weight is 504 g/mol. The number of carboxylic acids is 1. The van der Waals surface area contributed by atoms with E-state index in [1.54, 1.807) is 18.2 Å². The standard InChI is InChI=1S/C27H21F5O4/c28-16-2-1-14(23(29)11-16)9-21-19-6-8-24(20(19)5-7-22(21)27(30,31)32)36-17-3-4-18-15(10-26(33)34)13-35-25(18)12-17/h1-5,7,11-12,15,24H,6,8-10,13H2,(H,33,34)/t15-,24-/m1/s1. The van der Waals surface area contributed by atoms with E-state index in [4.69, 9.17) is 14.6 Å². The Labute approximate surface area is 203 Å². The monoisotopic (exact) mass is 504 g/mol. The summed E-state index contributed by atoms with van der Waals surface area (Å²) in [4.78, 5) is 11.1. The molecule has 1 N–H and O–H groups in total. The normalized spacial score (nSPS) is 18.5. The molecule has 1 aliphatic carbocycles. The number of fused-ring (bicyclic) bond motifs is 2. The van der Waals surface area contributed by atoms with Crippen molar-refractivity contribution in [2.24, 2.45) is 0 Å². The topological polar surface area (TPSA) is 55.8 Å². The van der Waals surface area contributed by atoms with Crippen LogP contribution in [0.1, 0.15) is 58.2 Å². The first kappa shape index (κ1) is 24.1. The van der Waals surface area contributed by atoms with Crippen molar-refractivity contribution in [2.45, 2.75) is 43.9 Å². The molecule has 9 heteroatoms. The van der Waals surface area contributed by atoms with Crippen molar-refractivity contribution in [1.82, 2.24) is 0 Å². The summed E-state index contributed by atoms with van der Waals surface area (Å²) < 4.78 is 80.8. The van der Waals surface area contributed by atoms with Crippen LogP contribution in [0.5, 0.6) is 11.5 Å². The minimum atomic E-state index is -4.64. The van der Waals surface area contributed by atoms with Gasteiger partial charge in [-0.25, -0.2) is 8.78 Å². The molecular formula is C27H21F5O4. The van der Waals surface area contributed by atoms with Crippen LogP contribution in [0.3, 0.4) is 0 Å². The van der Waals surface area contributed by atoms with Crippen molar-refractivity contribution in [2.75, 3.05) is 6.61 Å². The minimum absolute atomic E-state index is 0.0219. The van der Waals surface area contributed by atoms with Gasteiger partial charge in [-0.1, -0.05) is 18.2 Å². The predicted octanol–water partition coefficient (Wildman–Crippen LogP) is 6.59. The minimum Gasteiger partial charge on any atom is -0.492 e. The fourth-order valence-corrected chi connectivity index (χ4v) is 5.06. The predicted molar refractivity (Wildman–Crippen MR) is 119 cm³/mol. The van der Waals surface area contributed by atoms with E-state index in [0.29, 0.717) is 41.5 Å². The molecule has 2 atom stereocenters. The summed E-state index contributed by atoms with van der Waals surface area (Å²) in [5, 5.41) is 9.06. The van der Waals surface area contributed by atoms with Crippen molar-refractivity contribution in [1.29, 1.82) is 0 Å². The zero-order valence-electron chi connectivity index (χ0n) is 18.9. The number of ether oxygens (including phenoxy) is 2. The molecule has 36 heavy (non-hydrogen) atoms. The Balaban J connectivity index is 1.44. The second-order valence-electron chi connectivity index (χ2n) is 9.02. The van der Waals surface area contributed by atoms with E-state index in [-0.39, 0.29) is 36.5 Å². The Kier molecular flexibility index (Phi) is 6.10. The molecule has 0 unspecified atom stereocenters. The van der Waals surface area contributed by atoms with Crippen LogP contribution in [0.25, 0.3) is 0 Å². The second-order valence-corrected chi connectivity index (χ2v) is 9.02. The van der Waals surface area contributed by atoms with Gasteiger partial charge in [0.05, 0.1) is 18.6 Å². The maximum absolute atomic E-state index is 14.3. The van der Waals surface area contributed by atoms with Crippen LogP contribution in [0.2, 0.25) is 0 Å².